The lowest BCUT2D eigenvalue weighted by atomic mass is 9.99. The van der Waals surface area contributed by atoms with E-state index in [2.05, 4.69) is 5.32 Å². The molecule has 2 heterocycles. The Morgan fingerprint density at radius 1 is 1.46 bits per heavy atom. The number of hydrogen-bond acceptors (Lipinski definition) is 2. The molecule has 0 saturated carbocycles. The Morgan fingerprint density at radius 2 is 2.38 bits per heavy atom. The van der Waals surface area contributed by atoms with Crippen molar-refractivity contribution in [2.24, 2.45) is 5.92 Å². The van der Waals surface area contributed by atoms with Gasteiger partial charge in [0.15, 0.2) is 0 Å². The topological polar surface area (TPSA) is 32.3 Å². The molecule has 0 spiro atoms. The van der Waals surface area contributed by atoms with Crippen LogP contribution < -0.4 is 5.32 Å². The Hall–Kier alpha value is -0.570. The summed E-state index contributed by atoms with van der Waals surface area (Å²) in [5.41, 5.74) is 0. The van der Waals surface area contributed by atoms with Crippen LogP contribution in [0.4, 0.5) is 0 Å². The van der Waals surface area contributed by atoms with E-state index in [1.165, 1.54) is 12.8 Å². The highest BCUT2D eigenvalue weighted by Gasteiger charge is 2.23. The standard InChI is InChI=1S/C10H18N2O/c13-10-4-2-6-12(10)8-9-3-1-5-11-7-9/h9,11H,1-8H2/t9-/m1/s1. The third kappa shape index (κ3) is 2.21. The van der Waals surface area contributed by atoms with Gasteiger partial charge in [-0.25, -0.2) is 0 Å². The predicted octanol–water partition coefficient (Wildman–Crippen LogP) is 0.608. The SMILES string of the molecule is O=C1CCCN1C[C@@H]1CCCNC1. The van der Waals surface area contributed by atoms with E-state index in [0.29, 0.717) is 11.8 Å². The van der Waals surface area contributed by atoms with Crippen LogP contribution in [0.15, 0.2) is 0 Å². The maximum atomic E-state index is 11.4. The molecule has 0 bridgehead atoms. The summed E-state index contributed by atoms with van der Waals surface area (Å²) < 4.78 is 0. The first-order valence-corrected chi connectivity index (χ1v) is 5.35. The minimum absolute atomic E-state index is 0.366. The molecule has 0 aliphatic carbocycles. The van der Waals surface area contributed by atoms with E-state index in [1.807, 2.05) is 4.90 Å². The smallest absolute Gasteiger partial charge is 0.222 e. The highest BCUT2D eigenvalue weighted by atomic mass is 16.2. The van der Waals surface area contributed by atoms with Gasteiger partial charge in [0.2, 0.25) is 5.91 Å². The third-order valence-electron chi connectivity index (χ3n) is 3.05. The van der Waals surface area contributed by atoms with Crippen LogP contribution in [0.5, 0.6) is 0 Å². The maximum absolute atomic E-state index is 11.4. The number of amides is 1. The molecule has 0 aromatic rings. The van der Waals surface area contributed by atoms with Gasteiger partial charge in [-0.3, -0.25) is 4.79 Å². The van der Waals surface area contributed by atoms with Crippen LogP contribution in [0.2, 0.25) is 0 Å². The fourth-order valence-corrected chi connectivity index (χ4v) is 2.29. The number of nitrogens with one attached hydrogen (secondary N) is 1. The molecule has 2 saturated heterocycles. The van der Waals surface area contributed by atoms with Gasteiger partial charge in [0.25, 0.3) is 0 Å². The van der Waals surface area contributed by atoms with Crippen molar-refractivity contribution in [2.45, 2.75) is 25.7 Å². The molecule has 2 aliphatic heterocycles. The molecule has 3 heteroatoms. The highest BCUT2D eigenvalue weighted by molar-refractivity contribution is 5.78. The zero-order chi connectivity index (χ0) is 9.10. The van der Waals surface area contributed by atoms with Crippen molar-refractivity contribution in [3.63, 3.8) is 0 Å². The third-order valence-corrected chi connectivity index (χ3v) is 3.05. The van der Waals surface area contributed by atoms with Crippen LogP contribution in [0.25, 0.3) is 0 Å². The Kier molecular flexibility index (Phi) is 2.83. The van der Waals surface area contributed by atoms with Crippen LogP contribution in [-0.4, -0.2) is 37.0 Å². The van der Waals surface area contributed by atoms with E-state index in [9.17, 15) is 4.79 Å². The molecule has 3 nitrogen and oxygen atoms in total. The minimum atomic E-state index is 0.366. The first kappa shape index (κ1) is 9.00. The lowest BCUT2D eigenvalue weighted by molar-refractivity contribution is -0.128. The number of carbonyl (C=O) groups excluding carboxylic acids is 1. The first-order chi connectivity index (χ1) is 6.36. The van der Waals surface area contributed by atoms with Crippen LogP contribution >= 0.6 is 0 Å². The number of carbonyl (C=O) groups is 1. The zero-order valence-corrected chi connectivity index (χ0v) is 8.09. The van der Waals surface area contributed by atoms with Crippen LogP contribution in [0.1, 0.15) is 25.7 Å². The van der Waals surface area contributed by atoms with E-state index in [0.717, 1.165) is 39.0 Å². The summed E-state index contributed by atoms with van der Waals surface area (Å²) in [6.07, 6.45) is 4.41. The molecule has 0 unspecified atom stereocenters. The fraction of sp³-hybridized carbons (Fsp3) is 0.900. The van der Waals surface area contributed by atoms with Crippen LogP contribution in [0.3, 0.4) is 0 Å². The monoisotopic (exact) mass is 182 g/mol. The average Bonchev–Trinajstić information content (AvgIpc) is 2.54. The van der Waals surface area contributed by atoms with Crippen molar-refractivity contribution in [2.75, 3.05) is 26.2 Å². The summed E-state index contributed by atoms with van der Waals surface area (Å²) in [5.74, 6) is 1.07. The number of hydrogen-bond donors (Lipinski definition) is 1. The van der Waals surface area contributed by atoms with Gasteiger partial charge < -0.3 is 10.2 Å². The number of likely N-dealkylation sites (tertiary alicyclic amines) is 1. The Bertz CT molecular complexity index is 187. The van der Waals surface area contributed by atoms with Gasteiger partial charge in [0.1, 0.15) is 0 Å². The Labute approximate surface area is 79.5 Å². The molecule has 0 radical (unpaired) electrons. The molecule has 1 atom stereocenters. The average molecular weight is 182 g/mol. The number of nitrogens with zero attached hydrogens (tertiary/aromatic N) is 1. The van der Waals surface area contributed by atoms with Gasteiger partial charge in [-0.1, -0.05) is 0 Å². The van der Waals surface area contributed by atoms with Crippen LogP contribution in [-0.2, 0) is 4.79 Å². The molecule has 2 fully saturated rings. The van der Waals surface area contributed by atoms with Gasteiger partial charge in [-0.15, -0.1) is 0 Å². The second-order valence-corrected chi connectivity index (χ2v) is 4.16. The summed E-state index contributed by atoms with van der Waals surface area (Å²) in [7, 11) is 0. The normalized spacial score (nSPS) is 29.7. The molecule has 13 heavy (non-hydrogen) atoms. The molecule has 1 N–H and O–H groups in total. The van der Waals surface area contributed by atoms with E-state index in [4.69, 9.17) is 0 Å². The molecule has 2 rings (SSSR count). The Morgan fingerprint density at radius 3 is 3.00 bits per heavy atom. The van der Waals surface area contributed by atoms with Gasteiger partial charge in [-0.05, 0) is 38.3 Å². The van der Waals surface area contributed by atoms with E-state index >= 15 is 0 Å². The fourth-order valence-electron chi connectivity index (χ4n) is 2.29. The lowest BCUT2D eigenvalue weighted by Crippen LogP contribution is -2.38. The van der Waals surface area contributed by atoms with E-state index in [-0.39, 0.29) is 0 Å². The molecule has 74 valence electrons. The van der Waals surface area contributed by atoms with Crippen molar-refractivity contribution >= 4 is 5.91 Å². The summed E-state index contributed by atoms with van der Waals surface area (Å²) in [5, 5.41) is 3.39. The highest BCUT2D eigenvalue weighted by Crippen LogP contribution is 2.16. The first-order valence-electron chi connectivity index (χ1n) is 5.35. The van der Waals surface area contributed by atoms with Gasteiger partial charge >= 0.3 is 0 Å². The lowest BCUT2D eigenvalue weighted by Gasteiger charge is -2.27. The number of piperidine rings is 1. The predicted molar refractivity (Wildman–Crippen MR) is 51.4 cm³/mol. The van der Waals surface area contributed by atoms with E-state index in [1.54, 1.807) is 0 Å². The summed E-state index contributed by atoms with van der Waals surface area (Å²) in [6.45, 7) is 4.25. The molecule has 0 aromatic heterocycles. The van der Waals surface area contributed by atoms with Crippen molar-refractivity contribution in [1.29, 1.82) is 0 Å². The van der Waals surface area contributed by atoms with Crippen molar-refractivity contribution in [3.05, 3.63) is 0 Å². The van der Waals surface area contributed by atoms with E-state index < -0.39 is 0 Å². The molecular formula is C10H18N2O. The maximum Gasteiger partial charge on any atom is 0.222 e. The van der Waals surface area contributed by atoms with Crippen LogP contribution in [0, 0.1) is 5.92 Å². The molecule has 1 amide bonds. The minimum Gasteiger partial charge on any atom is -0.342 e. The van der Waals surface area contributed by atoms with Crippen molar-refractivity contribution in [1.82, 2.24) is 10.2 Å². The van der Waals surface area contributed by atoms with Crippen molar-refractivity contribution in [3.8, 4) is 0 Å². The molecule has 2 aliphatic rings. The Balaban J connectivity index is 1.79. The van der Waals surface area contributed by atoms with Gasteiger partial charge in [-0.2, -0.15) is 0 Å². The molecular weight excluding hydrogens is 164 g/mol. The quantitative estimate of drug-likeness (QED) is 0.678. The van der Waals surface area contributed by atoms with Gasteiger partial charge in [0, 0.05) is 19.5 Å². The zero-order valence-electron chi connectivity index (χ0n) is 8.09. The summed E-state index contributed by atoms with van der Waals surface area (Å²) >= 11 is 0. The van der Waals surface area contributed by atoms with Gasteiger partial charge in [0.05, 0.1) is 0 Å². The second kappa shape index (κ2) is 4.09. The summed E-state index contributed by atoms with van der Waals surface area (Å²) in [6, 6.07) is 0. The second-order valence-electron chi connectivity index (χ2n) is 4.16. The molecule has 0 aromatic carbocycles. The number of rotatable bonds is 2. The summed E-state index contributed by atoms with van der Waals surface area (Å²) in [4.78, 5) is 13.4. The van der Waals surface area contributed by atoms with Crippen molar-refractivity contribution < 1.29 is 4.79 Å². The largest absolute Gasteiger partial charge is 0.342 e.